The van der Waals surface area contributed by atoms with Crippen LogP contribution in [-0.2, 0) is 4.74 Å². The van der Waals surface area contributed by atoms with E-state index >= 15 is 0 Å². The molecule has 1 N–H and O–H groups in total. The van der Waals surface area contributed by atoms with Crippen molar-refractivity contribution in [1.82, 2.24) is 0 Å². The molecule has 0 spiro atoms. The van der Waals surface area contributed by atoms with Crippen LogP contribution in [0.5, 0.6) is 0 Å². The number of ether oxygens (including phenoxy) is 1. The summed E-state index contributed by atoms with van der Waals surface area (Å²) in [5.74, 6) is 0.396. The zero-order valence-electron chi connectivity index (χ0n) is 5.43. The maximum absolute atomic E-state index is 10.0. The molecule has 1 unspecified atom stereocenters. The molecule has 3 nitrogen and oxygen atoms in total. The quantitative estimate of drug-likeness (QED) is 0.490. The normalized spacial score (nSPS) is 15.9. The molecule has 10 heavy (non-hydrogen) atoms. The zero-order valence-corrected chi connectivity index (χ0v) is 8.35. The average molecular weight is 278 g/mol. The molecular formula is C5H8ClIO3. The minimum atomic E-state index is -1.26. The Kier molecular flexibility index (Phi) is 4.35. The van der Waals surface area contributed by atoms with E-state index in [0.29, 0.717) is 12.3 Å². The van der Waals surface area contributed by atoms with Crippen molar-refractivity contribution in [2.24, 2.45) is 0 Å². The van der Waals surface area contributed by atoms with Crippen LogP contribution in [0.1, 0.15) is 13.3 Å². The van der Waals surface area contributed by atoms with Gasteiger partial charge in [0.05, 0.1) is 0 Å². The molecule has 0 aromatic heterocycles. The van der Waals surface area contributed by atoms with Crippen molar-refractivity contribution in [3.8, 4) is 0 Å². The van der Waals surface area contributed by atoms with Crippen LogP contribution in [0.2, 0.25) is 0 Å². The molecule has 0 saturated carbocycles. The molecule has 0 radical (unpaired) electrons. The Bertz CT molecular complexity index is 126. The average Bonchev–Trinajstić information content (AvgIpc) is 1.59. The molecule has 60 valence electrons. The summed E-state index contributed by atoms with van der Waals surface area (Å²) in [6.07, 6.45) is -0.747. The van der Waals surface area contributed by atoms with Gasteiger partial charge in [-0.15, -0.1) is 11.6 Å². The fraction of sp³-hybridized carbons (Fsp3) is 0.800. The zero-order chi connectivity index (χ0) is 8.20. The van der Waals surface area contributed by atoms with Gasteiger partial charge in [-0.2, -0.15) is 0 Å². The summed E-state index contributed by atoms with van der Waals surface area (Å²) in [7, 11) is 0. The summed E-state index contributed by atoms with van der Waals surface area (Å²) in [6.45, 7) is 1.67. The number of carbonyl (C=O) groups is 1. The Morgan fingerprint density at radius 2 is 2.40 bits per heavy atom. The Hall–Kier alpha value is 0.290. The van der Waals surface area contributed by atoms with E-state index in [2.05, 4.69) is 4.74 Å². The summed E-state index contributed by atoms with van der Waals surface area (Å²) < 4.78 is 3.81. The van der Waals surface area contributed by atoms with Crippen molar-refractivity contribution < 1.29 is 14.6 Å². The number of halogens is 2. The lowest BCUT2D eigenvalue weighted by Crippen LogP contribution is -2.23. The van der Waals surface area contributed by atoms with E-state index in [0.717, 1.165) is 0 Å². The molecule has 0 aliphatic heterocycles. The molecule has 0 aliphatic rings. The van der Waals surface area contributed by atoms with Gasteiger partial charge in [-0.05, 0) is 29.5 Å². The fourth-order valence-electron chi connectivity index (χ4n) is 0.402. The lowest BCUT2D eigenvalue weighted by molar-refractivity contribution is 0.0502. The standard InChI is InChI=1S/C5H8ClIO3/c1-5(7,2-3-6)10-4(8)9/h2-3H2,1H3,(H,8,9). The molecule has 0 amide bonds. The first-order valence-corrected chi connectivity index (χ1v) is 4.26. The minimum Gasteiger partial charge on any atom is -0.450 e. The Morgan fingerprint density at radius 1 is 1.90 bits per heavy atom. The molecule has 0 aromatic carbocycles. The fourth-order valence-corrected chi connectivity index (χ4v) is 1.54. The van der Waals surface area contributed by atoms with Crippen molar-refractivity contribution in [3.63, 3.8) is 0 Å². The molecule has 0 fully saturated rings. The van der Waals surface area contributed by atoms with Crippen molar-refractivity contribution >= 4 is 40.3 Å². The van der Waals surface area contributed by atoms with Crippen LogP contribution in [0.4, 0.5) is 4.79 Å². The highest BCUT2D eigenvalue weighted by Gasteiger charge is 2.23. The van der Waals surface area contributed by atoms with Crippen LogP contribution in [0.15, 0.2) is 0 Å². The lowest BCUT2D eigenvalue weighted by Gasteiger charge is -2.19. The molecule has 0 heterocycles. The molecule has 0 aliphatic carbocycles. The van der Waals surface area contributed by atoms with Crippen molar-refractivity contribution in [3.05, 3.63) is 0 Å². The van der Waals surface area contributed by atoms with E-state index in [1.54, 1.807) is 6.92 Å². The van der Waals surface area contributed by atoms with E-state index in [9.17, 15) is 4.79 Å². The topological polar surface area (TPSA) is 46.5 Å². The molecule has 0 saturated heterocycles. The van der Waals surface area contributed by atoms with Gasteiger partial charge in [0.15, 0.2) is 3.61 Å². The van der Waals surface area contributed by atoms with Crippen LogP contribution in [0, 0.1) is 0 Å². The van der Waals surface area contributed by atoms with Gasteiger partial charge in [0.1, 0.15) is 0 Å². The highest BCUT2D eigenvalue weighted by atomic mass is 127. The van der Waals surface area contributed by atoms with E-state index in [1.807, 2.05) is 22.6 Å². The summed E-state index contributed by atoms with van der Waals surface area (Å²) in [6, 6.07) is 0. The second kappa shape index (κ2) is 4.23. The smallest absolute Gasteiger partial charge is 0.450 e. The second-order valence-electron chi connectivity index (χ2n) is 1.91. The monoisotopic (exact) mass is 278 g/mol. The van der Waals surface area contributed by atoms with Crippen molar-refractivity contribution in [2.45, 2.75) is 17.0 Å². The van der Waals surface area contributed by atoms with Crippen LogP contribution < -0.4 is 0 Å². The van der Waals surface area contributed by atoms with Gasteiger partial charge >= 0.3 is 6.16 Å². The molecule has 1 atom stereocenters. The number of rotatable bonds is 3. The van der Waals surface area contributed by atoms with Gasteiger partial charge in [-0.1, -0.05) is 0 Å². The highest BCUT2D eigenvalue weighted by Crippen LogP contribution is 2.24. The van der Waals surface area contributed by atoms with Gasteiger partial charge in [0.25, 0.3) is 0 Å². The lowest BCUT2D eigenvalue weighted by atomic mass is 10.3. The first-order valence-electron chi connectivity index (χ1n) is 2.65. The molecular weight excluding hydrogens is 270 g/mol. The summed E-state index contributed by atoms with van der Waals surface area (Å²) in [5, 5.41) is 8.21. The van der Waals surface area contributed by atoms with Gasteiger partial charge in [-0.3, -0.25) is 0 Å². The predicted molar refractivity (Wildman–Crippen MR) is 46.9 cm³/mol. The van der Waals surface area contributed by atoms with E-state index in [4.69, 9.17) is 16.7 Å². The van der Waals surface area contributed by atoms with Crippen LogP contribution in [0.25, 0.3) is 0 Å². The number of carboxylic acid groups (broad SMARTS) is 1. The molecule has 0 bridgehead atoms. The van der Waals surface area contributed by atoms with Crippen molar-refractivity contribution in [2.75, 3.05) is 5.88 Å². The Labute approximate surface area is 77.8 Å². The van der Waals surface area contributed by atoms with Gasteiger partial charge in [-0.25, -0.2) is 4.79 Å². The summed E-state index contributed by atoms with van der Waals surface area (Å²) in [4.78, 5) is 10.0. The molecule has 0 aromatic rings. The van der Waals surface area contributed by atoms with Gasteiger partial charge < -0.3 is 9.84 Å². The number of alkyl halides is 2. The van der Waals surface area contributed by atoms with Gasteiger partial charge in [0, 0.05) is 12.3 Å². The van der Waals surface area contributed by atoms with E-state index in [-0.39, 0.29) is 0 Å². The SMILES string of the molecule is CC(I)(CCCl)OC(=O)O. The van der Waals surface area contributed by atoms with Crippen LogP contribution in [-0.4, -0.2) is 20.7 Å². The second-order valence-corrected chi connectivity index (χ2v) is 4.57. The predicted octanol–water partition coefficient (Wildman–Crippen LogP) is 2.46. The van der Waals surface area contributed by atoms with Gasteiger partial charge in [0.2, 0.25) is 0 Å². The third-order valence-corrected chi connectivity index (χ3v) is 1.79. The summed E-state index contributed by atoms with van der Waals surface area (Å²) in [5.41, 5.74) is 0. The number of hydrogen-bond donors (Lipinski definition) is 1. The van der Waals surface area contributed by atoms with Crippen molar-refractivity contribution in [1.29, 1.82) is 0 Å². The molecule has 0 rings (SSSR count). The van der Waals surface area contributed by atoms with Crippen LogP contribution >= 0.6 is 34.2 Å². The minimum absolute atomic E-state index is 0.396. The largest absolute Gasteiger partial charge is 0.507 e. The maximum atomic E-state index is 10.0. The third kappa shape index (κ3) is 5.10. The molecule has 5 heteroatoms. The first-order chi connectivity index (χ1) is 4.48. The highest BCUT2D eigenvalue weighted by molar-refractivity contribution is 14.1. The van der Waals surface area contributed by atoms with E-state index in [1.165, 1.54) is 0 Å². The van der Waals surface area contributed by atoms with Crippen LogP contribution in [0.3, 0.4) is 0 Å². The summed E-state index contributed by atoms with van der Waals surface area (Å²) >= 11 is 7.30. The Balaban J connectivity index is 3.74. The number of hydrogen-bond acceptors (Lipinski definition) is 2. The first kappa shape index (κ1) is 10.3. The third-order valence-electron chi connectivity index (χ3n) is 0.841. The van der Waals surface area contributed by atoms with E-state index < -0.39 is 9.76 Å². The Morgan fingerprint density at radius 3 is 2.70 bits per heavy atom. The maximum Gasteiger partial charge on any atom is 0.507 e.